The van der Waals surface area contributed by atoms with Gasteiger partial charge < -0.3 is 4.74 Å². The Balaban J connectivity index is 2.02. The SMILES string of the molecule is CC(C)(C)c1nn(C[C@H]2CCCO2)c(=NC(=O)c2cc(C(F)(F)F)ccc2F)s1. The van der Waals surface area contributed by atoms with E-state index in [2.05, 4.69) is 10.1 Å². The number of rotatable bonds is 3. The van der Waals surface area contributed by atoms with Gasteiger partial charge in [-0.3, -0.25) is 4.79 Å². The minimum absolute atomic E-state index is 0.0794. The first-order valence-corrected chi connectivity index (χ1v) is 9.92. The summed E-state index contributed by atoms with van der Waals surface area (Å²) in [7, 11) is 0. The molecule has 0 N–H and O–H groups in total. The zero-order valence-corrected chi connectivity index (χ0v) is 17.0. The third-order valence-corrected chi connectivity index (χ3v) is 5.76. The van der Waals surface area contributed by atoms with Crippen LogP contribution in [0.15, 0.2) is 23.2 Å². The molecule has 158 valence electrons. The van der Waals surface area contributed by atoms with Gasteiger partial charge in [0, 0.05) is 12.0 Å². The molecule has 0 saturated carbocycles. The Kier molecular flexibility index (Phi) is 5.96. The van der Waals surface area contributed by atoms with E-state index in [1.807, 2.05) is 20.8 Å². The number of carbonyl (C=O) groups excluding carboxylic acids is 1. The second-order valence-electron chi connectivity index (χ2n) is 7.87. The fraction of sp³-hybridized carbons (Fsp3) is 0.526. The van der Waals surface area contributed by atoms with Gasteiger partial charge >= 0.3 is 6.18 Å². The van der Waals surface area contributed by atoms with E-state index in [0.717, 1.165) is 24.2 Å². The molecule has 1 saturated heterocycles. The van der Waals surface area contributed by atoms with E-state index in [0.29, 0.717) is 36.4 Å². The van der Waals surface area contributed by atoms with E-state index in [1.165, 1.54) is 4.68 Å². The van der Waals surface area contributed by atoms with Crippen molar-refractivity contribution in [1.29, 1.82) is 0 Å². The first kappa shape index (κ1) is 21.6. The maximum atomic E-state index is 14.0. The van der Waals surface area contributed by atoms with Gasteiger partial charge in [-0.25, -0.2) is 9.07 Å². The summed E-state index contributed by atoms with van der Waals surface area (Å²) in [5.74, 6) is -2.14. The summed E-state index contributed by atoms with van der Waals surface area (Å²) in [5.41, 5.74) is -2.15. The van der Waals surface area contributed by atoms with Crippen molar-refractivity contribution in [2.24, 2.45) is 4.99 Å². The summed E-state index contributed by atoms with van der Waals surface area (Å²) in [6, 6.07) is 1.70. The van der Waals surface area contributed by atoms with Gasteiger partial charge in [0.05, 0.1) is 23.8 Å². The first-order chi connectivity index (χ1) is 13.4. The number of amides is 1. The molecule has 1 amide bonds. The van der Waals surface area contributed by atoms with Crippen molar-refractivity contribution in [2.45, 2.75) is 57.9 Å². The summed E-state index contributed by atoms with van der Waals surface area (Å²) >= 11 is 1.15. The lowest BCUT2D eigenvalue weighted by Gasteiger charge is -2.13. The van der Waals surface area contributed by atoms with E-state index < -0.39 is 29.0 Å². The molecule has 2 aromatic rings. The van der Waals surface area contributed by atoms with Crippen LogP contribution in [-0.2, 0) is 22.9 Å². The maximum absolute atomic E-state index is 14.0. The second kappa shape index (κ2) is 7.98. The highest BCUT2D eigenvalue weighted by Gasteiger charge is 2.32. The number of aromatic nitrogens is 2. The van der Waals surface area contributed by atoms with Gasteiger partial charge in [-0.1, -0.05) is 32.1 Å². The molecule has 10 heteroatoms. The normalized spacial score (nSPS) is 18.4. The van der Waals surface area contributed by atoms with Crippen molar-refractivity contribution in [3.05, 3.63) is 45.0 Å². The van der Waals surface area contributed by atoms with Crippen LogP contribution < -0.4 is 4.80 Å². The molecule has 1 fully saturated rings. The quantitative estimate of drug-likeness (QED) is 0.680. The summed E-state index contributed by atoms with van der Waals surface area (Å²) in [5, 5.41) is 5.21. The molecule has 1 aliphatic heterocycles. The predicted octanol–water partition coefficient (Wildman–Crippen LogP) is 4.32. The topological polar surface area (TPSA) is 56.5 Å². The molecule has 0 radical (unpaired) electrons. The van der Waals surface area contributed by atoms with Crippen molar-refractivity contribution < 1.29 is 27.1 Å². The molecule has 5 nitrogen and oxygen atoms in total. The number of halogens is 4. The Morgan fingerprint density at radius 1 is 1.34 bits per heavy atom. The molecule has 29 heavy (non-hydrogen) atoms. The zero-order chi connectivity index (χ0) is 21.4. The molecule has 1 aliphatic rings. The third-order valence-electron chi connectivity index (χ3n) is 4.38. The Labute approximate surface area is 169 Å². The summed E-state index contributed by atoms with van der Waals surface area (Å²) in [6.45, 7) is 6.84. The standard InChI is InChI=1S/C19H21F4N3O2S/c1-18(2,3)16-25-26(10-12-5-4-8-28-12)17(29-16)24-15(27)13-9-11(19(21,22)23)6-7-14(13)20/h6-7,9,12H,4-5,8,10H2,1-3H3/t12-/m1/s1. The molecule has 1 aromatic carbocycles. The highest BCUT2D eigenvalue weighted by molar-refractivity contribution is 7.09. The highest BCUT2D eigenvalue weighted by Crippen LogP contribution is 2.30. The average Bonchev–Trinajstić information content (AvgIpc) is 3.24. The van der Waals surface area contributed by atoms with Crippen LogP contribution in [0, 0.1) is 5.82 Å². The molecule has 2 heterocycles. The lowest BCUT2D eigenvalue weighted by atomic mass is 9.98. The largest absolute Gasteiger partial charge is 0.416 e. The monoisotopic (exact) mass is 431 g/mol. The van der Waals surface area contributed by atoms with Crippen LogP contribution >= 0.6 is 11.3 Å². The van der Waals surface area contributed by atoms with Crippen LogP contribution in [0.3, 0.4) is 0 Å². The number of hydrogen-bond donors (Lipinski definition) is 0. The summed E-state index contributed by atoms with van der Waals surface area (Å²) in [6.07, 6.45) is -3.01. The highest BCUT2D eigenvalue weighted by atomic mass is 32.1. The Morgan fingerprint density at radius 2 is 2.07 bits per heavy atom. The number of ether oxygens (including phenoxy) is 1. The molecule has 3 rings (SSSR count). The molecule has 1 atom stereocenters. The zero-order valence-electron chi connectivity index (χ0n) is 16.2. The average molecular weight is 431 g/mol. The van der Waals surface area contributed by atoms with Gasteiger partial charge in [0.1, 0.15) is 10.8 Å². The van der Waals surface area contributed by atoms with E-state index in [9.17, 15) is 22.4 Å². The van der Waals surface area contributed by atoms with Gasteiger partial charge in [-0.05, 0) is 31.0 Å². The van der Waals surface area contributed by atoms with Gasteiger partial charge in [-0.15, -0.1) is 0 Å². The predicted molar refractivity (Wildman–Crippen MR) is 99.1 cm³/mol. The summed E-state index contributed by atoms with van der Waals surface area (Å²) < 4.78 is 59.9. The second-order valence-corrected chi connectivity index (χ2v) is 8.82. The van der Waals surface area contributed by atoms with Crippen LogP contribution in [-0.4, -0.2) is 28.4 Å². The van der Waals surface area contributed by atoms with Crippen LogP contribution in [0.4, 0.5) is 17.6 Å². The lowest BCUT2D eigenvalue weighted by Crippen LogP contribution is -2.26. The molecular formula is C19H21F4N3O2S. The smallest absolute Gasteiger partial charge is 0.376 e. The molecular weight excluding hydrogens is 410 g/mol. The van der Waals surface area contributed by atoms with Crippen LogP contribution in [0.1, 0.15) is 54.5 Å². The number of hydrogen-bond acceptors (Lipinski definition) is 4. The van der Waals surface area contributed by atoms with Crippen molar-refractivity contribution in [3.8, 4) is 0 Å². The Hall–Kier alpha value is -2.07. The number of carbonyl (C=O) groups is 1. The summed E-state index contributed by atoms with van der Waals surface area (Å²) in [4.78, 5) is 16.6. The van der Waals surface area contributed by atoms with Crippen molar-refractivity contribution >= 4 is 17.2 Å². The van der Waals surface area contributed by atoms with E-state index >= 15 is 0 Å². The van der Waals surface area contributed by atoms with Crippen LogP contribution in [0.5, 0.6) is 0 Å². The molecule has 0 unspecified atom stereocenters. The molecule has 0 bridgehead atoms. The van der Waals surface area contributed by atoms with Crippen LogP contribution in [0.25, 0.3) is 0 Å². The Bertz CT molecular complexity index is 967. The molecule has 1 aromatic heterocycles. The first-order valence-electron chi connectivity index (χ1n) is 9.11. The number of benzene rings is 1. The third kappa shape index (κ3) is 5.11. The number of alkyl halides is 3. The minimum Gasteiger partial charge on any atom is -0.376 e. The van der Waals surface area contributed by atoms with Crippen molar-refractivity contribution in [3.63, 3.8) is 0 Å². The fourth-order valence-electron chi connectivity index (χ4n) is 2.81. The van der Waals surface area contributed by atoms with Gasteiger partial charge in [0.2, 0.25) is 4.80 Å². The van der Waals surface area contributed by atoms with Gasteiger partial charge in [0.25, 0.3) is 5.91 Å². The molecule has 0 aliphatic carbocycles. The van der Waals surface area contributed by atoms with E-state index in [1.54, 1.807) is 0 Å². The maximum Gasteiger partial charge on any atom is 0.416 e. The number of nitrogens with zero attached hydrogens (tertiary/aromatic N) is 3. The lowest BCUT2D eigenvalue weighted by molar-refractivity contribution is -0.137. The van der Waals surface area contributed by atoms with E-state index in [-0.39, 0.29) is 16.3 Å². The fourth-order valence-corrected chi connectivity index (χ4v) is 3.78. The van der Waals surface area contributed by atoms with Crippen molar-refractivity contribution in [1.82, 2.24) is 9.78 Å². The minimum atomic E-state index is -4.69. The molecule has 0 spiro atoms. The van der Waals surface area contributed by atoms with Crippen molar-refractivity contribution in [2.75, 3.05) is 6.61 Å². The van der Waals surface area contributed by atoms with Gasteiger partial charge in [0.15, 0.2) is 0 Å². The van der Waals surface area contributed by atoms with Crippen LogP contribution in [0.2, 0.25) is 0 Å². The van der Waals surface area contributed by atoms with Gasteiger partial charge in [-0.2, -0.15) is 23.3 Å². The van der Waals surface area contributed by atoms with E-state index in [4.69, 9.17) is 4.74 Å². The Morgan fingerprint density at radius 3 is 2.66 bits per heavy atom.